The molecule has 122 valence electrons. The number of nitrogens with one attached hydrogen (secondary N) is 2. The van der Waals surface area contributed by atoms with Gasteiger partial charge in [0.05, 0.1) is 27.5 Å². The molecule has 1 aromatic rings. The Morgan fingerprint density at radius 1 is 1.14 bits per heavy atom. The van der Waals surface area contributed by atoms with Crippen LogP contribution in [-0.4, -0.2) is 39.2 Å². The van der Waals surface area contributed by atoms with Crippen molar-refractivity contribution >= 4 is 23.5 Å². The third kappa shape index (κ3) is 5.40. The lowest BCUT2D eigenvalue weighted by molar-refractivity contribution is 0.349. The van der Waals surface area contributed by atoms with Gasteiger partial charge in [0.25, 0.3) is 0 Å². The zero-order valence-electron chi connectivity index (χ0n) is 13.4. The summed E-state index contributed by atoms with van der Waals surface area (Å²) in [5.41, 5.74) is 3.52. The fourth-order valence-corrected chi connectivity index (χ4v) is 1.89. The molecule has 1 rings (SSSR count). The summed E-state index contributed by atoms with van der Waals surface area (Å²) in [5.74, 6) is 1.84. The lowest BCUT2D eigenvalue weighted by Gasteiger charge is -2.12. The van der Waals surface area contributed by atoms with Crippen molar-refractivity contribution in [1.29, 1.82) is 0 Å². The quantitative estimate of drug-likeness (QED) is 0.331. The predicted molar refractivity (Wildman–Crippen MR) is 92.3 cm³/mol. The van der Waals surface area contributed by atoms with Crippen molar-refractivity contribution in [3.05, 3.63) is 17.7 Å². The van der Waals surface area contributed by atoms with E-state index in [1.54, 1.807) is 39.7 Å². The second-order valence-electron chi connectivity index (χ2n) is 4.43. The minimum absolute atomic E-state index is 0.490. The van der Waals surface area contributed by atoms with Crippen molar-refractivity contribution in [2.45, 2.75) is 19.8 Å². The Balaban J connectivity index is 2.75. The van der Waals surface area contributed by atoms with Gasteiger partial charge < -0.3 is 19.5 Å². The third-order valence-corrected chi connectivity index (χ3v) is 3.16. The van der Waals surface area contributed by atoms with Crippen molar-refractivity contribution in [3.8, 4) is 17.2 Å². The average molecular weight is 325 g/mol. The van der Waals surface area contributed by atoms with E-state index >= 15 is 0 Å². The Bertz CT molecular complexity index is 521. The standard InChI is InChI=1S/C15H23N3O3S/c1-5-6-7-16-15(22)18-17-10-11-8-13(20-3)14(21-4)9-12(11)19-2/h8-10H,5-7H2,1-4H3,(H2,16,18,22)/b17-10-. The first kappa shape index (κ1) is 18.0. The maximum absolute atomic E-state index is 5.32. The van der Waals surface area contributed by atoms with Crippen molar-refractivity contribution in [3.63, 3.8) is 0 Å². The molecule has 1 aromatic carbocycles. The smallest absolute Gasteiger partial charge is 0.186 e. The summed E-state index contributed by atoms with van der Waals surface area (Å²) in [6.45, 7) is 2.96. The molecule has 0 aliphatic carbocycles. The van der Waals surface area contributed by atoms with Crippen LogP contribution in [0.3, 0.4) is 0 Å². The molecule has 0 unspecified atom stereocenters. The topological polar surface area (TPSA) is 64.1 Å². The summed E-state index contributed by atoms with van der Waals surface area (Å²) >= 11 is 5.12. The normalized spacial score (nSPS) is 10.4. The highest BCUT2D eigenvalue weighted by atomic mass is 32.1. The molecule has 7 heteroatoms. The fourth-order valence-electron chi connectivity index (χ4n) is 1.73. The number of hydrazone groups is 1. The first-order chi connectivity index (χ1) is 10.7. The maximum atomic E-state index is 5.32. The van der Waals surface area contributed by atoms with E-state index in [9.17, 15) is 0 Å². The molecule has 0 amide bonds. The minimum Gasteiger partial charge on any atom is -0.496 e. The van der Waals surface area contributed by atoms with Gasteiger partial charge in [0.15, 0.2) is 16.6 Å². The van der Waals surface area contributed by atoms with E-state index in [0.29, 0.717) is 22.4 Å². The lowest BCUT2D eigenvalue weighted by Crippen LogP contribution is -2.32. The van der Waals surface area contributed by atoms with Crippen LogP contribution >= 0.6 is 12.2 Å². The summed E-state index contributed by atoms with van der Waals surface area (Å²) in [7, 11) is 4.74. The van der Waals surface area contributed by atoms with Crippen LogP contribution in [0.2, 0.25) is 0 Å². The fraction of sp³-hybridized carbons (Fsp3) is 0.467. The van der Waals surface area contributed by atoms with Gasteiger partial charge in [-0.1, -0.05) is 13.3 Å². The Labute approximate surface area is 136 Å². The van der Waals surface area contributed by atoms with Crippen molar-refractivity contribution in [2.24, 2.45) is 5.10 Å². The van der Waals surface area contributed by atoms with Crippen LogP contribution in [0, 0.1) is 0 Å². The molecule has 6 nitrogen and oxygen atoms in total. The summed E-state index contributed by atoms with van der Waals surface area (Å²) in [5, 5.41) is 7.66. The highest BCUT2D eigenvalue weighted by molar-refractivity contribution is 7.80. The molecule has 0 aliphatic rings. The highest BCUT2D eigenvalue weighted by Gasteiger charge is 2.10. The average Bonchev–Trinajstić information content (AvgIpc) is 2.54. The molecule has 0 saturated carbocycles. The number of unbranched alkanes of at least 4 members (excludes halogenated alkanes) is 1. The summed E-state index contributed by atoms with van der Waals surface area (Å²) in [6, 6.07) is 3.54. The van der Waals surface area contributed by atoms with E-state index in [1.165, 1.54) is 0 Å². The molecule has 0 spiro atoms. The van der Waals surface area contributed by atoms with Gasteiger partial charge in [-0.3, -0.25) is 5.43 Å². The molecule has 0 aliphatic heterocycles. The van der Waals surface area contributed by atoms with Crippen LogP contribution in [-0.2, 0) is 0 Å². The summed E-state index contributed by atoms with van der Waals surface area (Å²) in [6.07, 6.45) is 3.80. The number of ether oxygens (including phenoxy) is 3. The van der Waals surface area contributed by atoms with E-state index in [-0.39, 0.29) is 0 Å². The molecule has 0 bridgehead atoms. The third-order valence-electron chi connectivity index (χ3n) is 2.92. The van der Waals surface area contributed by atoms with Crippen LogP contribution in [0.4, 0.5) is 0 Å². The Morgan fingerprint density at radius 3 is 2.36 bits per heavy atom. The van der Waals surface area contributed by atoms with Gasteiger partial charge >= 0.3 is 0 Å². The SMILES string of the molecule is CCCCNC(=S)N/N=C\c1cc(OC)c(OC)cc1OC. The number of rotatable bonds is 8. The first-order valence-electron chi connectivity index (χ1n) is 7.03. The van der Waals surface area contributed by atoms with E-state index in [2.05, 4.69) is 22.8 Å². The molecular formula is C15H23N3O3S. The molecule has 0 atom stereocenters. The largest absolute Gasteiger partial charge is 0.496 e. The Kier molecular flexibility index (Phi) is 8.06. The molecule has 2 N–H and O–H groups in total. The Hall–Kier alpha value is -2.02. The van der Waals surface area contributed by atoms with Gasteiger partial charge in [0.1, 0.15) is 5.75 Å². The molecular weight excluding hydrogens is 302 g/mol. The first-order valence-corrected chi connectivity index (χ1v) is 7.44. The van der Waals surface area contributed by atoms with Gasteiger partial charge in [-0.15, -0.1) is 0 Å². The summed E-state index contributed by atoms with van der Waals surface area (Å²) in [4.78, 5) is 0. The summed E-state index contributed by atoms with van der Waals surface area (Å²) < 4.78 is 15.8. The number of methoxy groups -OCH3 is 3. The second kappa shape index (κ2) is 9.83. The number of hydrogen-bond acceptors (Lipinski definition) is 5. The second-order valence-corrected chi connectivity index (χ2v) is 4.84. The molecule has 0 saturated heterocycles. The van der Waals surface area contributed by atoms with Crippen LogP contribution in [0.15, 0.2) is 17.2 Å². The number of thiocarbonyl (C=S) groups is 1. The van der Waals surface area contributed by atoms with Crippen LogP contribution in [0.5, 0.6) is 17.2 Å². The highest BCUT2D eigenvalue weighted by Crippen LogP contribution is 2.33. The molecule has 0 aromatic heterocycles. The zero-order valence-corrected chi connectivity index (χ0v) is 14.3. The molecule has 22 heavy (non-hydrogen) atoms. The van der Waals surface area contributed by atoms with Crippen LogP contribution in [0.1, 0.15) is 25.3 Å². The zero-order chi connectivity index (χ0) is 16.4. The number of nitrogens with zero attached hydrogens (tertiary/aromatic N) is 1. The predicted octanol–water partition coefficient (Wildman–Crippen LogP) is 2.31. The van der Waals surface area contributed by atoms with Crippen LogP contribution < -0.4 is 25.0 Å². The lowest BCUT2D eigenvalue weighted by atomic mass is 10.2. The van der Waals surface area contributed by atoms with Gasteiger partial charge in [-0.2, -0.15) is 5.10 Å². The molecule has 0 fully saturated rings. The van der Waals surface area contributed by atoms with Gasteiger partial charge in [-0.05, 0) is 24.7 Å². The van der Waals surface area contributed by atoms with Gasteiger partial charge in [0.2, 0.25) is 0 Å². The van der Waals surface area contributed by atoms with E-state index in [1.807, 2.05) is 0 Å². The molecule has 0 heterocycles. The molecule has 0 radical (unpaired) electrons. The van der Waals surface area contributed by atoms with Crippen LogP contribution in [0.25, 0.3) is 0 Å². The number of benzene rings is 1. The van der Waals surface area contributed by atoms with Crippen molar-refractivity contribution in [1.82, 2.24) is 10.7 Å². The van der Waals surface area contributed by atoms with E-state index < -0.39 is 0 Å². The Morgan fingerprint density at radius 2 is 1.77 bits per heavy atom. The van der Waals surface area contributed by atoms with E-state index in [4.69, 9.17) is 26.4 Å². The monoisotopic (exact) mass is 325 g/mol. The van der Waals surface area contributed by atoms with Gasteiger partial charge in [-0.25, -0.2) is 0 Å². The number of hydrogen-bond donors (Lipinski definition) is 2. The maximum Gasteiger partial charge on any atom is 0.186 e. The van der Waals surface area contributed by atoms with Crippen molar-refractivity contribution < 1.29 is 14.2 Å². The van der Waals surface area contributed by atoms with E-state index in [0.717, 1.165) is 24.9 Å². The van der Waals surface area contributed by atoms with Gasteiger partial charge in [0, 0.05) is 18.2 Å². The van der Waals surface area contributed by atoms with Crippen molar-refractivity contribution in [2.75, 3.05) is 27.9 Å². The minimum atomic E-state index is 0.490.